The molecule has 0 aliphatic carbocycles. The van der Waals surface area contributed by atoms with E-state index in [1.54, 1.807) is 19.1 Å². The predicted molar refractivity (Wildman–Crippen MR) is 104 cm³/mol. The first kappa shape index (κ1) is 19.7. The molecule has 0 aromatic heterocycles. The summed E-state index contributed by atoms with van der Waals surface area (Å²) in [6, 6.07) is 14.8. The predicted octanol–water partition coefficient (Wildman–Crippen LogP) is 3.37. The third-order valence-electron chi connectivity index (χ3n) is 3.62. The van der Waals surface area contributed by atoms with Crippen LogP contribution in [0.25, 0.3) is 0 Å². The molecule has 6 heteroatoms. The number of aryl methyl sites for hydroxylation is 1. The second-order valence-corrected chi connectivity index (χ2v) is 5.59. The van der Waals surface area contributed by atoms with Crippen LogP contribution >= 0.6 is 0 Å². The molecule has 0 aliphatic heterocycles. The van der Waals surface area contributed by atoms with Gasteiger partial charge in [0, 0.05) is 16.7 Å². The number of carboxylic acid groups (broad SMARTS) is 1. The van der Waals surface area contributed by atoms with Crippen molar-refractivity contribution < 1.29 is 19.6 Å². The average Bonchev–Trinajstić information content (AvgIpc) is 2.66. The molecule has 0 unspecified atom stereocenters. The van der Waals surface area contributed by atoms with E-state index in [-0.39, 0.29) is 12.3 Å². The fourth-order valence-electron chi connectivity index (χ4n) is 2.31. The second-order valence-electron chi connectivity index (χ2n) is 5.59. The van der Waals surface area contributed by atoms with Crippen LogP contribution in [0.2, 0.25) is 0 Å². The van der Waals surface area contributed by atoms with Gasteiger partial charge in [0.2, 0.25) is 0 Å². The number of rotatable bonds is 6. The summed E-state index contributed by atoms with van der Waals surface area (Å²) in [5.41, 5.74) is 3.16. The molecule has 0 amide bonds. The summed E-state index contributed by atoms with van der Waals surface area (Å²) in [6.07, 6.45) is 0. The number of carbonyl (C=O) groups is 1. The molecule has 0 spiro atoms. The summed E-state index contributed by atoms with van der Waals surface area (Å²) in [5.74, 6) is 4.72. The Kier molecular flexibility index (Phi) is 7.15. The largest absolute Gasteiger partial charge is 0.476 e. The summed E-state index contributed by atoms with van der Waals surface area (Å²) in [5, 5.41) is 17.0. The van der Waals surface area contributed by atoms with Crippen molar-refractivity contribution in [3.63, 3.8) is 0 Å². The normalized spacial score (nSPS) is 11.4. The van der Waals surface area contributed by atoms with Gasteiger partial charge in [-0.25, -0.2) is 4.79 Å². The van der Waals surface area contributed by atoms with Gasteiger partial charge < -0.3 is 14.8 Å². The van der Waals surface area contributed by atoms with Gasteiger partial charge in [0.05, 0.1) is 0 Å². The van der Waals surface area contributed by atoms with Crippen LogP contribution in [0, 0.1) is 18.8 Å². The Labute approximate surface area is 158 Å². The monoisotopic (exact) mass is 364 g/mol. The van der Waals surface area contributed by atoms with E-state index >= 15 is 0 Å². The molecule has 2 rings (SSSR count). The molecule has 138 valence electrons. The van der Waals surface area contributed by atoms with Crippen LogP contribution in [0.5, 0.6) is 0 Å². The lowest BCUT2D eigenvalue weighted by molar-refractivity contribution is -0.129. The fraction of sp³-hybridized carbons (Fsp3) is 0.190. The Bertz CT molecular complexity index is 922. The SMILES string of the molecule is CO/N=C(/C(=O)O)c1cccc(C)c1CO/N=C(\C)C#Cc1ccccc1. The fourth-order valence-corrected chi connectivity index (χ4v) is 2.31. The van der Waals surface area contributed by atoms with Gasteiger partial charge in [0.1, 0.15) is 19.4 Å². The first-order chi connectivity index (χ1) is 13.0. The Hall–Kier alpha value is -3.59. The topological polar surface area (TPSA) is 80.5 Å². The van der Waals surface area contributed by atoms with Gasteiger partial charge in [0.15, 0.2) is 5.71 Å². The van der Waals surface area contributed by atoms with E-state index in [0.717, 1.165) is 11.1 Å². The molecular formula is C21H20N2O4. The quantitative estimate of drug-likeness (QED) is 0.484. The number of nitrogens with zero attached hydrogens (tertiary/aromatic N) is 2. The van der Waals surface area contributed by atoms with Gasteiger partial charge in [-0.2, -0.15) is 0 Å². The minimum Gasteiger partial charge on any atom is -0.476 e. The lowest BCUT2D eigenvalue weighted by Gasteiger charge is -2.11. The molecule has 0 fully saturated rings. The zero-order valence-corrected chi connectivity index (χ0v) is 15.4. The van der Waals surface area contributed by atoms with Crippen molar-refractivity contribution in [2.75, 3.05) is 7.11 Å². The van der Waals surface area contributed by atoms with E-state index in [2.05, 4.69) is 27.0 Å². The van der Waals surface area contributed by atoms with Crippen molar-refractivity contribution in [1.82, 2.24) is 0 Å². The van der Waals surface area contributed by atoms with Crippen molar-refractivity contribution in [1.29, 1.82) is 0 Å². The standard InChI is InChI=1S/C21H20N2O4/c1-15-8-7-11-18(20(21(24)25)23-26-3)19(15)14-27-22-16(2)12-13-17-9-5-4-6-10-17/h4-11H,14H2,1-3H3,(H,24,25)/b22-16+,23-20+. The van der Waals surface area contributed by atoms with Crippen molar-refractivity contribution >= 4 is 17.4 Å². The highest BCUT2D eigenvalue weighted by Gasteiger charge is 2.19. The van der Waals surface area contributed by atoms with Crippen molar-refractivity contribution in [3.8, 4) is 11.8 Å². The summed E-state index contributed by atoms with van der Waals surface area (Å²) in [6.45, 7) is 3.69. The van der Waals surface area contributed by atoms with Crippen LogP contribution < -0.4 is 0 Å². The molecule has 0 heterocycles. The molecule has 0 saturated carbocycles. The van der Waals surface area contributed by atoms with Crippen LogP contribution in [-0.4, -0.2) is 29.6 Å². The Balaban J connectivity index is 2.17. The van der Waals surface area contributed by atoms with E-state index in [4.69, 9.17) is 4.84 Å². The molecule has 6 nitrogen and oxygen atoms in total. The van der Waals surface area contributed by atoms with Crippen LogP contribution in [0.1, 0.15) is 29.2 Å². The van der Waals surface area contributed by atoms with Gasteiger partial charge in [0.25, 0.3) is 0 Å². The molecular weight excluding hydrogens is 344 g/mol. The summed E-state index contributed by atoms with van der Waals surface area (Å²) >= 11 is 0. The van der Waals surface area contributed by atoms with E-state index in [0.29, 0.717) is 16.8 Å². The first-order valence-electron chi connectivity index (χ1n) is 8.20. The van der Waals surface area contributed by atoms with Crippen molar-refractivity contribution in [3.05, 3.63) is 70.8 Å². The lowest BCUT2D eigenvalue weighted by Crippen LogP contribution is -2.18. The second kappa shape index (κ2) is 9.78. The molecule has 0 saturated heterocycles. The van der Waals surface area contributed by atoms with Gasteiger partial charge in [-0.15, -0.1) is 0 Å². The third kappa shape index (κ3) is 5.72. The highest BCUT2D eigenvalue weighted by atomic mass is 16.6. The maximum absolute atomic E-state index is 11.5. The van der Waals surface area contributed by atoms with Crippen LogP contribution in [0.3, 0.4) is 0 Å². The van der Waals surface area contributed by atoms with Gasteiger partial charge >= 0.3 is 5.97 Å². The van der Waals surface area contributed by atoms with E-state index in [1.807, 2.05) is 43.3 Å². The van der Waals surface area contributed by atoms with Crippen molar-refractivity contribution in [2.45, 2.75) is 20.5 Å². The molecule has 0 atom stereocenters. The Morgan fingerprint density at radius 3 is 2.52 bits per heavy atom. The number of hydrogen-bond acceptors (Lipinski definition) is 5. The molecule has 2 aromatic rings. The van der Waals surface area contributed by atoms with E-state index in [1.165, 1.54) is 7.11 Å². The van der Waals surface area contributed by atoms with Crippen molar-refractivity contribution in [2.24, 2.45) is 10.3 Å². The minimum absolute atomic E-state index is 0.0857. The molecule has 0 aliphatic rings. The maximum Gasteiger partial charge on any atom is 0.358 e. The van der Waals surface area contributed by atoms with Gasteiger partial charge in [-0.3, -0.25) is 0 Å². The zero-order valence-electron chi connectivity index (χ0n) is 15.4. The number of oxime groups is 2. The number of benzene rings is 2. The van der Waals surface area contributed by atoms with Gasteiger partial charge in [-0.05, 0) is 37.5 Å². The summed E-state index contributed by atoms with van der Waals surface area (Å²) < 4.78 is 0. The summed E-state index contributed by atoms with van der Waals surface area (Å²) in [4.78, 5) is 21.5. The van der Waals surface area contributed by atoms with E-state index in [9.17, 15) is 9.90 Å². The first-order valence-corrected chi connectivity index (χ1v) is 8.20. The number of aliphatic carboxylic acids is 1. The Morgan fingerprint density at radius 2 is 1.85 bits per heavy atom. The van der Waals surface area contributed by atoms with Gasteiger partial charge in [-0.1, -0.05) is 52.6 Å². The van der Waals surface area contributed by atoms with Crippen LogP contribution in [0.4, 0.5) is 0 Å². The highest BCUT2D eigenvalue weighted by Crippen LogP contribution is 2.17. The van der Waals surface area contributed by atoms with Crippen LogP contribution in [-0.2, 0) is 21.1 Å². The molecule has 2 aromatic carbocycles. The maximum atomic E-state index is 11.5. The minimum atomic E-state index is -1.18. The Morgan fingerprint density at radius 1 is 1.11 bits per heavy atom. The zero-order chi connectivity index (χ0) is 19.6. The molecule has 27 heavy (non-hydrogen) atoms. The third-order valence-corrected chi connectivity index (χ3v) is 3.62. The molecule has 0 radical (unpaired) electrons. The molecule has 0 bridgehead atoms. The smallest absolute Gasteiger partial charge is 0.358 e. The highest BCUT2D eigenvalue weighted by molar-refractivity contribution is 6.42. The summed E-state index contributed by atoms with van der Waals surface area (Å²) in [7, 11) is 1.30. The average molecular weight is 364 g/mol. The lowest BCUT2D eigenvalue weighted by atomic mass is 9.99. The number of carboxylic acids is 1. The van der Waals surface area contributed by atoms with Crippen LogP contribution in [0.15, 0.2) is 58.8 Å². The van der Waals surface area contributed by atoms with E-state index < -0.39 is 5.97 Å². The molecule has 1 N–H and O–H groups in total. The number of hydrogen-bond donors (Lipinski definition) is 1.